The Morgan fingerprint density at radius 1 is 1.06 bits per heavy atom. The predicted octanol–water partition coefficient (Wildman–Crippen LogP) is 3.05. The van der Waals surface area contributed by atoms with Crippen LogP contribution in [0.15, 0.2) is 71.4 Å². The summed E-state index contributed by atoms with van der Waals surface area (Å²) in [5.41, 5.74) is 2.69. The number of aromatic amines is 1. The van der Waals surface area contributed by atoms with E-state index in [9.17, 15) is 14.4 Å². The van der Waals surface area contributed by atoms with Gasteiger partial charge in [-0.1, -0.05) is 53.7 Å². The Morgan fingerprint density at radius 3 is 2.54 bits per heavy atom. The van der Waals surface area contributed by atoms with Crippen molar-refractivity contribution in [2.45, 2.75) is 39.0 Å². The summed E-state index contributed by atoms with van der Waals surface area (Å²) in [4.78, 5) is 41.5. The van der Waals surface area contributed by atoms with Gasteiger partial charge >= 0.3 is 5.97 Å². The van der Waals surface area contributed by atoms with E-state index >= 15 is 0 Å². The third kappa shape index (κ3) is 5.94. The fraction of sp³-hybridized carbons (Fsp3) is 0.231. The zero-order valence-electron chi connectivity index (χ0n) is 19.4. The van der Waals surface area contributed by atoms with E-state index in [1.807, 2.05) is 60.8 Å². The number of aryl methyl sites for hydroxylation is 1. The van der Waals surface area contributed by atoms with Crippen LogP contribution in [0.2, 0.25) is 0 Å². The molecule has 2 atom stereocenters. The van der Waals surface area contributed by atoms with E-state index in [4.69, 9.17) is 9.26 Å². The van der Waals surface area contributed by atoms with Gasteiger partial charge in [0.15, 0.2) is 5.69 Å². The molecule has 0 spiro atoms. The second-order valence-electron chi connectivity index (χ2n) is 8.24. The lowest BCUT2D eigenvalue weighted by Gasteiger charge is -2.20. The smallest absolute Gasteiger partial charge is 0.329 e. The van der Waals surface area contributed by atoms with Crippen molar-refractivity contribution in [2.24, 2.45) is 0 Å². The Bertz CT molecular complexity index is 1330. The number of aromatic nitrogens is 2. The molecule has 180 valence electrons. The van der Waals surface area contributed by atoms with Crippen LogP contribution in [0.25, 0.3) is 10.9 Å². The average molecular weight is 475 g/mol. The highest BCUT2D eigenvalue weighted by molar-refractivity contribution is 5.96. The summed E-state index contributed by atoms with van der Waals surface area (Å²) in [7, 11) is 0. The number of H-pyrrole nitrogens is 1. The lowest BCUT2D eigenvalue weighted by atomic mass is 10.0. The number of carbonyl (C=O) groups is 3. The number of fused-ring (bicyclic) bond motifs is 1. The van der Waals surface area contributed by atoms with Crippen molar-refractivity contribution in [2.75, 3.05) is 0 Å². The minimum absolute atomic E-state index is 0.0692. The fourth-order valence-corrected chi connectivity index (χ4v) is 3.65. The summed E-state index contributed by atoms with van der Waals surface area (Å²) in [6.45, 7) is 3.27. The SMILES string of the molecule is Cc1cc(C(=O)NC(C)C(=O)NC(Cc2c[nH]c3ccccc23)C(=O)OCc2ccccc2)no1. The van der Waals surface area contributed by atoms with Gasteiger partial charge < -0.3 is 24.9 Å². The number of ether oxygens (including phenoxy) is 1. The Balaban J connectivity index is 1.47. The van der Waals surface area contributed by atoms with Crippen molar-refractivity contribution in [1.82, 2.24) is 20.8 Å². The molecule has 0 saturated carbocycles. The number of benzene rings is 2. The summed E-state index contributed by atoms with van der Waals surface area (Å²) in [6.07, 6.45) is 2.03. The molecular formula is C26H26N4O5. The van der Waals surface area contributed by atoms with Crippen LogP contribution in [0.5, 0.6) is 0 Å². The van der Waals surface area contributed by atoms with Crippen molar-refractivity contribution < 1.29 is 23.6 Å². The topological polar surface area (TPSA) is 126 Å². The number of nitrogens with zero attached hydrogens (tertiary/aromatic N) is 1. The van der Waals surface area contributed by atoms with Gasteiger partial charge in [0.2, 0.25) is 5.91 Å². The molecule has 9 heteroatoms. The quantitative estimate of drug-likeness (QED) is 0.320. The number of amides is 2. The van der Waals surface area contributed by atoms with E-state index in [1.165, 1.54) is 13.0 Å². The molecule has 4 rings (SSSR count). The summed E-state index contributed by atoms with van der Waals surface area (Å²) < 4.78 is 10.4. The largest absolute Gasteiger partial charge is 0.459 e. The highest BCUT2D eigenvalue weighted by Crippen LogP contribution is 2.19. The number of rotatable bonds is 9. The van der Waals surface area contributed by atoms with Crippen molar-refractivity contribution >= 4 is 28.7 Å². The first kappa shape index (κ1) is 23.7. The van der Waals surface area contributed by atoms with Crippen LogP contribution in [0.1, 0.15) is 34.3 Å². The summed E-state index contributed by atoms with van der Waals surface area (Å²) >= 11 is 0. The average Bonchev–Trinajstić information content (AvgIpc) is 3.49. The van der Waals surface area contributed by atoms with E-state index in [-0.39, 0.29) is 18.7 Å². The maximum absolute atomic E-state index is 13.0. The fourth-order valence-electron chi connectivity index (χ4n) is 3.65. The third-order valence-electron chi connectivity index (χ3n) is 5.53. The Labute approximate surface area is 201 Å². The molecule has 3 N–H and O–H groups in total. The Hall–Kier alpha value is -4.40. The molecule has 0 saturated heterocycles. The van der Waals surface area contributed by atoms with Gasteiger partial charge in [-0.15, -0.1) is 0 Å². The van der Waals surface area contributed by atoms with Gasteiger partial charge in [-0.05, 0) is 31.0 Å². The molecule has 0 aliphatic rings. The highest BCUT2D eigenvalue weighted by Gasteiger charge is 2.27. The first-order chi connectivity index (χ1) is 16.9. The molecule has 9 nitrogen and oxygen atoms in total. The van der Waals surface area contributed by atoms with Crippen LogP contribution in [0, 0.1) is 6.92 Å². The van der Waals surface area contributed by atoms with E-state index in [2.05, 4.69) is 20.8 Å². The lowest BCUT2D eigenvalue weighted by molar-refractivity contribution is -0.149. The molecule has 2 aromatic heterocycles. The molecule has 2 amide bonds. The number of nitrogens with one attached hydrogen (secondary N) is 3. The highest BCUT2D eigenvalue weighted by atomic mass is 16.5. The van der Waals surface area contributed by atoms with Crippen LogP contribution < -0.4 is 10.6 Å². The van der Waals surface area contributed by atoms with Crippen molar-refractivity contribution in [3.05, 3.63) is 89.4 Å². The molecule has 0 aliphatic heterocycles. The van der Waals surface area contributed by atoms with Crippen molar-refractivity contribution in [3.63, 3.8) is 0 Å². The number of carbonyl (C=O) groups excluding carboxylic acids is 3. The van der Waals surface area contributed by atoms with Crippen molar-refractivity contribution in [3.8, 4) is 0 Å². The van der Waals surface area contributed by atoms with Gasteiger partial charge in [0.05, 0.1) is 0 Å². The molecular weight excluding hydrogens is 448 g/mol. The normalized spacial score (nSPS) is 12.6. The number of hydrogen-bond donors (Lipinski definition) is 3. The van der Waals surface area contributed by atoms with E-state index < -0.39 is 29.9 Å². The standard InChI is InChI=1S/C26H26N4O5/c1-16-12-22(30-35-16)25(32)28-17(2)24(31)29-23(26(33)34-15-18-8-4-3-5-9-18)13-19-14-27-21-11-7-6-10-20(19)21/h3-12,14,17,23,27H,13,15H2,1-2H3,(H,28,32)(H,29,31). The number of para-hydroxylation sites is 1. The molecule has 4 aromatic rings. The van der Waals surface area contributed by atoms with Gasteiger partial charge in [0, 0.05) is 29.6 Å². The van der Waals surface area contributed by atoms with Gasteiger partial charge in [-0.25, -0.2) is 4.79 Å². The third-order valence-corrected chi connectivity index (χ3v) is 5.53. The molecule has 35 heavy (non-hydrogen) atoms. The van der Waals surface area contributed by atoms with Gasteiger partial charge in [0.25, 0.3) is 5.91 Å². The minimum atomic E-state index is -0.959. The van der Waals surface area contributed by atoms with Crippen LogP contribution in [-0.2, 0) is 27.4 Å². The van der Waals surface area contributed by atoms with Crippen LogP contribution in [-0.4, -0.2) is 40.0 Å². The first-order valence-corrected chi connectivity index (χ1v) is 11.2. The molecule has 0 radical (unpaired) electrons. The second-order valence-corrected chi connectivity index (χ2v) is 8.24. The molecule has 2 heterocycles. The zero-order chi connectivity index (χ0) is 24.8. The van der Waals surface area contributed by atoms with Crippen LogP contribution in [0.3, 0.4) is 0 Å². The summed E-state index contributed by atoms with van der Waals surface area (Å²) in [5.74, 6) is -1.17. The van der Waals surface area contributed by atoms with Crippen molar-refractivity contribution in [1.29, 1.82) is 0 Å². The molecule has 2 unspecified atom stereocenters. The number of esters is 1. The minimum Gasteiger partial charge on any atom is -0.459 e. The lowest BCUT2D eigenvalue weighted by Crippen LogP contribution is -2.51. The Kier molecular flexibility index (Phi) is 7.25. The summed E-state index contributed by atoms with van der Waals surface area (Å²) in [5, 5.41) is 9.90. The summed E-state index contributed by atoms with van der Waals surface area (Å²) in [6, 6.07) is 16.6. The maximum atomic E-state index is 13.0. The Morgan fingerprint density at radius 2 is 1.80 bits per heavy atom. The van der Waals surface area contributed by atoms with E-state index in [0.717, 1.165) is 22.0 Å². The zero-order valence-corrected chi connectivity index (χ0v) is 19.4. The van der Waals surface area contributed by atoms with Crippen LogP contribution in [0.4, 0.5) is 0 Å². The monoisotopic (exact) mass is 474 g/mol. The maximum Gasteiger partial charge on any atom is 0.329 e. The molecule has 0 aliphatic carbocycles. The van der Waals surface area contributed by atoms with Gasteiger partial charge in [-0.3, -0.25) is 9.59 Å². The predicted molar refractivity (Wildman–Crippen MR) is 128 cm³/mol. The molecule has 2 aromatic carbocycles. The number of hydrogen-bond acceptors (Lipinski definition) is 6. The van der Waals surface area contributed by atoms with E-state index in [1.54, 1.807) is 6.92 Å². The molecule has 0 bridgehead atoms. The van der Waals surface area contributed by atoms with E-state index in [0.29, 0.717) is 5.76 Å². The van der Waals surface area contributed by atoms with Crippen LogP contribution >= 0.6 is 0 Å². The first-order valence-electron chi connectivity index (χ1n) is 11.2. The molecule has 0 fully saturated rings. The van der Waals surface area contributed by atoms with Gasteiger partial charge in [-0.2, -0.15) is 0 Å². The van der Waals surface area contributed by atoms with Gasteiger partial charge in [0.1, 0.15) is 24.5 Å². The second kappa shape index (κ2) is 10.7.